The van der Waals surface area contributed by atoms with Crippen molar-refractivity contribution in [3.05, 3.63) is 71.8 Å². The molecule has 0 amide bonds. The molecule has 0 N–H and O–H groups in total. The van der Waals surface area contributed by atoms with E-state index in [1.165, 1.54) is 0 Å². The first-order valence-electron chi connectivity index (χ1n) is 5.93. The monoisotopic (exact) mass is 302 g/mol. The third-order valence-corrected chi connectivity index (χ3v) is 6.09. The van der Waals surface area contributed by atoms with Crippen LogP contribution in [0.1, 0.15) is 11.1 Å². The van der Waals surface area contributed by atoms with Gasteiger partial charge in [0, 0.05) is 0 Å². The molecule has 0 aromatic heterocycles. The van der Waals surface area contributed by atoms with Gasteiger partial charge >= 0.3 is 0 Å². The highest BCUT2D eigenvalue weighted by Gasteiger charge is 2.38. The Hall–Kier alpha value is -1.85. The minimum atomic E-state index is -3.64. The highest BCUT2D eigenvalue weighted by Crippen LogP contribution is 2.46. The average molecular weight is 302 g/mol. The molecule has 3 rings (SSSR count). The van der Waals surface area contributed by atoms with Crippen molar-refractivity contribution >= 4 is 35.3 Å². The van der Waals surface area contributed by atoms with E-state index >= 15 is 0 Å². The van der Waals surface area contributed by atoms with E-state index in [-0.39, 0.29) is 10.5 Å². The fraction of sp³-hybridized carbons (Fsp3) is 0. The maximum absolute atomic E-state index is 12.2. The fourth-order valence-electron chi connectivity index (χ4n) is 2.13. The summed E-state index contributed by atoms with van der Waals surface area (Å²) in [6.45, 7) is 0. The van der Waals surface area contributed by atoms with E-state index in [0.29, 0.717) is 21.9 Å². The minimum Gasteiger partial charge on any atom is -0.280 e. The number of rotatable bonds is 2. The number of hydrogen-bond acceptors (Lipinski definition) is 4. The topological polar surface area (TPSA) is 51.2 Å². The maximum Gasteiger partial charge on any atom is 0.238 e. The predicted octanol–water partition coefficient (Wildman–Crippen LogP) is 3.16. The van der Waals surface area contributed by atoms with Gasteiger partial charge in [-0.05, 0) is 11.1 Å². The lowest BCUT2D eigenvalue weighted by molar-refractivity contribution is -0.106. The molecule has 1 aliphatic heterocycles. The van der Waals surface area contributed by atoms with E-state index in [1.54, 1.807) is 48.5 Å². The molecule has 0 saturated heterocycles. The fourth-order valence-corrected chi connectivity index (χ4v) is 5.30. The van der Waals surface area contributed by atoms with Gasteiger partial charge in [0.05, 0.1) is 21.3 Å². The summed E-state index contributed by atoms with van der Waals surface area (Å²) in [5.74, 6) is 0. The summed E-state index contributed by atoms with van der Waals surface area (Å²) < 4.78 is 24.5. The van der Waals surface area contributed by atoms with Gasteiger partial charge in [0.15, 0.2) is 0 Å². The molecule has 5 heteroatoms. The van der Waals surface area contributed by atoms with Crippen LogP contribution in [0, 0.1) is 0 Å². The van der Waals surface area contributed by atoms with Crippen LogP contribution in [-0.2, 0) is 13.7 Å². The van der Waals surface area contributed by atoms with Crippen LogP contribution in [0.4, 0.5) is 0 Å². The zero-order chi connectivity index (χ0) is 14.2. The SMILES string of the molecule is O=C1SS(=O)(=O)C(c2ccccc2)=C1c1ccccc1. The van der Waals surface area contributed by atoms with E-state index in [4.69, 9.17) is 0 Å². The number of benzene rings is 2. The van der Waals surface area contributed by atoms with Crippen molar-refractivity contribution in [3.63, 3.8) is 0 Å². The summed E-state index contributed by atoms with van der Waals surface area (Å²) in [5, 5.41) is -0.421. The summed E-state index contributed by atoms with van der Waals surface area (Å²) in [6, 6.07) is 17.6. The largest absolute Gasteiger partial charge is 0.280 e. The summed E-state index contributed by atoms with van der Waals surface area (Å²) in [6.07, 6.45) is 0. The van der Waals surface area contributed by atoms with Gasteiger partial charge in [-0.2, -0.15) is 0 Å². The standard InChI is InChI=1S/C15H10O3S2/c16-15-13(11-7-3-1-4-8-11)14(20(17,18)19-15)12-9-5-2-6-10-12/h1-10H. The molecular weight excluding hydrogens is 292 g/mol. The first-order valence-corrected chi connectivity index (χ1v) is 8.75. The Labute approximate surface area is 120 Å². The number of carbonyl (C=O) groups excluding carboxylic acids is 1. The molecule has 0 spiro atoms. The smallest absolute Gasteiger partial charge is 0.238 e. The molecule has 1 aliphatic rings. The second-order valence-electron chi connectivity index (χ2n) is 4.26. The van der Waals surface area contributed by atoms with Crippen molar-refractivity contribution in [2.75, 3.05) is 0 Å². The molecule has 0 atom stereocenters. The lowest BCUT2D eigenvalue weighted by Gasteiger charge is -2.05. The second kappa shape index (κ2) is 4.92. The molecular formula is C15H10O3S2. The van der Waals surface area contributed by atoms with Crippen LogP contribution in [0.2, 0.25) is 0 Å². The van der Waals surface area contributed by atoms with Crippen molar-refractivity contribution in [3.8, 4) is 0 Å². The van der Waals surface area contributed by atoms with Gasteiger partial charge in [0.25, 0.3) is 0 Å². The van der Waals surface area contributed by atoms with Crippen LogP contribution in [0.5, 0.6) is 0 Å². The zero-order valence-electron chi connectivity index (χ0n) is 10.3. The first kappa shape index (κ1) is 13.1. The Morgan fingerprint density at radius 2 is 1.25 bits per heavy atom. The van der Waals surface area contributed by atoms with Crippen LogP contribution in [0.15, 0.2) is 60.7 Å². The quantitative estimate of drug-likeness (QED) is 0.800. The van der Waals surface area contributed by atoms with E-state index in [0.717, 1.165) is 0 Å². The van der Waals surface area contributed by atoms with Crippen LogP contribution in [0.25, 0.3) is 10.5 Å². The Kier molecular flexibility index (Phi) is 3.23. The predicted molar refractivity (Wildman–Crippen MR) is 81.2 cm³/mol. The molecule has 0 saturated carbocycles. The molecule has 0 unspecified atom stereocenters. The lowest BCUT2D eigenvalue weighted by Crippen LogP contribution is -1.95. The zero-order valence-corrected chi connectivity index (χ0v) is 11.9. The molecule has 0 radical (unpaired) electrons. The third kappa shape index (κ3) is 2.19. The van der Waals surface area contributed by atoms with Crippen molar-refractivity contribution in [2.45, 2.75) is 0 Å². The van der Waals surface area contributed by atoms with E-state index in [9.17, 15) is 13.2 Å². The summed E-state index contributed by atoms with van der Waals surface area (Å²) in [7, 11) is -3.25. The van der Waals surface area contributed by atoms with Crippen LogP contribution in [-0.4, -0.2) is 13.5 Å². The molecule has 1 heterocycles. The molecule has 100 valence electrons. The van der Waals surface area contributed by atoms with Gasteiger partial charge < -0.3 is 0 Å². The molecule has 20 heavy (non-hydrogen) atoms. The van der Waals surface area contributed by atoms with Gasteiger partial charge in [-0.15, -0.1) is 0 Å². The van der Waals surface area contributed by atoms with Crippen LogP contribution < -0.4 is 0 Å². The van der Waals surface area contributed by atoms with Crippen molar-refractivity contribution < 1.29 is 13.2 Å². The van der Waals surface area contributed by atoms with Gasteiger partial charge in [-0.25, -0.2) is 8.42 Å². The highest BCUT2D eigenvalue weighted by atomic mass is 33.1. The van der Waals surface area contributed by atoms with Crippen LogP contribution >= 0.6 is 10.8 Å². The van der Waals surface area contributed by atoms with Crippen LogP contribution in [0.3, 0.4) is 0 Å². The average Bonchev–Trinajstić information content (AvgIpc) is 2.70. The molecule has 2 aromatic carbocycles. The summed E-state index contributed by atoms with van der Waals surface area (Å²) in [5.41, 5.74) is 1.44. The second-order valence-corrected chi connectivity index (χ2v) is 7.93. The van der Waals surface area contributed by atoms with Gasteiger partial charge in [0.2, 0.25) is 14.0 Å². The Morgan fingerprint density at radius 3 is 1.80 bits per heavy atom. The number of hydrogen-bond donors (Lipinski definition) is 0. The van der Waals surface area contributed by atoms with Gasteiger partial charge in [-0.3, -0.25) is 4.79 Å². The summed E-state index contributed by atoms with van der Waals surface area (Å²) >= 11 is 0. The lowest BCUT2D eigenvalue weighted by atomic mass is 10.0. The molecule has 0 aliphatic carbocycles. The van der Waals surface area contributed by atoms with Crippen molar-refractivity contribution in [1.82, 2.24) is 0 Å². The number of carbonyl (C=O) groups is 1. The molecule has 0 fully saturated rings. The Balaban J connectivity index is 2.33. The maximum atomic E-state index is 12.2. The normalized spacial score (nSPS) is 17.5. The Bertz CT molecular complexity index is 792. The van der Waals surface area contributed by atoms with Gasteiger partial charge in [-0.1, -0.05) is 60.7 Å². The first-order chi connectivity index (χ1) is 9.59. The minimum absolute atomic E-state index is 0.110. The van der Waals surface area contributed by atoms with E-state index < -0.39 is 14.0 Å². The third-order valence-electron chi connectivity index (χ3n) is 2.97. The van der Waals surface area contributed by atoms with Crippen molar-refractivity contribution in [1.29, 1.82) is 0 Å². The Morgan fingerprint density at radius 1 is 0.750 bits per heavy atom. The van der Waals surface area contributed by atoms with E-state index in [2.05, 4.69) is 0 Å². The van der Waals surface area contributed by atoms with Crippen molar-refractivity contribution in [2.24, 2.45) is 0 Å². The summed E-state index contributed by atoms with van der Waals surface area (Å²) in [4.78, 5) is 12.2. The molecule has 2 aromatic rings. The molecule has 0 bridgehead atoms. The van der Waals surface area contributed by atoms with Gasteiger partial charge in [0.1, 0.15) is 0 Å². The molecule has 3 nitrogen and oxygen atoms in total. The van der Waals surface area contributed by atoms with E-state index in [1.807, 2.05) is 12.1 Å². The highest BCUT2D eigenvalue weighted by molar-refractivity contribution is 8.82.